The lowest BCUT2D eigenvalue weighted by Crippen LogP contribution is -1.87. The number of halogens is 1. The third-order valence-corrected chi connectivity index (χ3v) is 2.82. The summed E-state index contributed by atoms with van der Waals surface area (Å²) < 4.78 is 5.12. The Kier molecular flexibility index (Phi) is 3.36. The Hall–Kier alpha value is -1.20. The zero-order valence-corrected chi connectivity index (χ0v) is 10.2. The summed E-state index contributed by atoms with van der Waals surface area (Å²) in [6, 6.07) is 5.18. The lowest BCUT2D eigenvalue weighted by atomic mass is 10.2. The summed E-state index contributed by atoms with van der Waals surface area (Å²) >= 11 is 7.67. The molecule has 2 aromatic rings. The highest BCUT2D eigenvalue weighted by atomic mass is 35.5. The molecule has 6 heteroatoms. The number of benzene rings is 1. The maximum Gasteiger partial charge on any atom is 0.259 e. The molecule has 0 unspecified atom stereocenters. The van der Waals surface area contributed by atoms with Crippen molar-refractivity contribution in [1.29, 1.82) is 0 Å². The van der Waals surface area contributed by atoms with E-state index in [-0.39, 0.29) is 0 Å². The molecule has 84 valence electrons. The van der Waals surface area contributed by atoms with Crippen molar-refractivity contribution in [3.8, 4) is 11.5 Å². The Morgan fingerprint density at radius 3 is 3.00 bits per heavy atom. The summed E-state index contributed by atoms with van der Waals surface area (Å²) in [5.41, 5.74) is 6.92. The van der Waals surface area contributed by atoms with Crippen molar-refractivity contribution < 1.29 is 4.52 Å². The van der Waals surface area contributed by atoms with Crippen LogP contribution in [0.25, 0.3) is 11.5 Å². The number of nitrogens with two attached hydrogens (primary N) is 1. The molecule has 0 aliphatic rings. The molecule has 4 nitrogen and oxygen atoms in total. The van der Waals surface area contributed by atoms with Gasteiger partial charge >= 0.3 is 0 Å². The second kappa shape index (κ2) is 4.76. The van der Waals surface area contributed by atoms with Gasteiger partial charge < -0.3 is 10.3 Å². The number of hydrogen-bond acceptors (Lipinski definition) is 5. The number of aromatic nitrogens is 2. The van der Waals surface area contributed by atoms with Gasteiger partial charge in [-0.15, -0.1) is 0 Å². The Balaban J connectivity index is 2.35. The molecule has 2 N–H and O–H groups in total. The van der Waals surface area contributed by atoms with Crippen LogP contribution in [0.3, 0.4) is 0 Å². The van der Waals surface area contributed by atoms with E-state index < -0.39 is 0 Å². The van der Waals surface area contributed by atoms with Crippen molar-refractivity contribution in [3.05, 3.63) is 29.0 Å². The van der Waals surface area contributed by atoms with E-state index in [1.54, 1.807) is 30.0 Å². The molecule has 0 saturated carbocycles. The van der Waals surface area contributed by atoms with Gasteiger partial charge in [0, 0.05) is 5.69 Å². The maximum atomic E-state index is 6.04. The van der Waals surface area contributed by atoms with Gasteiger partial charge in [-0.25, -0.2) is 0 Å². The Labute approximate surface area is 102 Å². The molecule has 0 amide bonds. The molecule has 0 atom stereocenters. The van der Waals surface area contributed by atoms with Crippen LogP contribution < -0.4 is 5.73 Å². The minimum atomic E-state index is 0.425. The molecule has 0 spiro atoms. The van der Waals surface area contributed by atoms with Crippen molar-refractivity contribution in [2.45, 2.75) is 5.75 Å². The lowest BCUT2D eigenvalue weighted by Gasteiger charge is -1.99. The van der Waals surface area contributed by atoms with Crippen molar-refractivity contribution in [2.24, 2.45) is 0 Å². The number of nitrogens with zero attached hydrogens (tertiary/aromatic N) is 2. The molecule has 0 aliphatic heterocycles. The summed E-state index contributed by atoms with van der Waals surface area (Å²) in [6.45, 7) is 0. The third kappa shape index (κ3) is 2.31. The fourth-order valence-electron chi connectivity index (χ4n) is 1.26. The van der Waals surface area contributed by atoms with E-state index in [0.717, 1.165) is 5.75 Å². The zero-order valence-electron chi connectivity index (χ0n) is 8.61. The van der Waals surface area contributed by atoms with Gasteiger partial charge in [0.25, 0.3) is 5.89 Å². The first-order chi connectivity index (χ1) is 7.70. The Bertz CT molecular complexity index is 501. The Morgan fingerprint density at radius 2 is 2.31 bits per heavy atom. The zero-order chi connectivity index (χ0) is 11.5. The Morgan fingerprint density at radius 1 is 1.50 bits per heavy atom. The van der Waals surface area contributed by atoms with Crippen molar-refractivity contribution >= 4 is 29.1 Å². The van der Waals surface area contributed by atoms with Crippen LogP contribution >= 0.6 is 23.4 Å². The largest absolute Gasteiger partial charge is 0.399 e. The van der Waals surface area contributed by atoms with Gasteiger partial charge in [-0.1, -0.05) is 16.8 Å². The predicted molar refractivity (Wildman–Crippen MR) is 66.4 cm³/mol. The summed E-state index contributed by atoms with van der Waals surface area (Å²) in [7, 11) is 0. The monoisotopic (exact) mass is 255 g/mol. The molecule has 0 bridgehead atoms. The summed E-state index contributed by atoms with van der Waals surface area (Å²) in [6.07, 6.45) is 1.98. The normalized spacial score (nSPS) is 10.6. The van der Waals surface area contributed by atoms with Crippen molar-refractivity contribution in [3.63, 3.8) is 0 Å². The number of hydrogen-bond donors (Lipinski definition) is 1. The molecule has 2 rings (SSSR count). The molecule has 0 aliphatic carbocycles. The maximum absolute atomic E-state index is 6.04. The van der Waals surface area contributed by atoms with E-state index in [9.17, 15) is 0 Å². The van der Waals surface area contributed by atoms with Gasteiger partial charge in [0.1, 0.15) is 0 Å². The number of rotatable bonds is 3. The number of thioether (sulfide) groups is 1. The molecule has 0 radical (unpaired) electrons. The van der Waals surface area contributed by atoms with E-state index in [2.05, 4.69) is 10.1 Å². The molecule has 1 heterocycles. The first-order valence-corrected chi connectivity index (χ1v) is 6.35. The van der Waals surface area contributed by atoms with Crippen LogP contribution in [0.4, 0.5) is 5.69 Å². The van der Waals surface area contributed by atoms with Crippen LogP contribution in [0.5, 0.6) is 0 Å². The van der Waals surface area contributed by atoms with E-state index >= 15 is 0 Å². The van der Waals surface area contributed by atoms with Crippen molar-refractivity contribution in [2.75, 3.05) is 12.0 Å². The summed E-state index contributed by atoms with van der Waals surface area (Å²) in [5, 5.41) is 4.36. The molecule has 1 aromatic heterocycles. The predicted octanol–water partition coefficient (Wildman–Crippen LogP) is 2.84. The first kappa shape index (κ1) is 11.3. The first-order valence-electron chi connectivity index (χ1n) is 4.57. The van der Waals surface area contributed by atoms with Crippen LogP contribution in [0.1, 0.15) is 5.82 Å². The highest BCUT2D eigenvalue weighted by molar-refractivity contribution is 7.97. The molecule has 0 fully saturated rings. The molecular weight excluding hydrogens is 246 g/mol. The van der Waals surface area contributed by atoms with Gasteiger partial charge in [-0.2, -0.15) is 16.7 Å². The fraction of sp³-hybridized carbons (Fsp3) is 0.200. The summed E-state index contributed by atoms with van der Waals surface area (Å²) in [4.78, 5) is 4.24. The van der Waals surface area contributed by atoms with Gasteiger partial charge in [0.2, 0.25) is 0 Å². The fourth-order valence-corrected chi connectivity index (χ4v) is 1.90. The second-order valence-corrected chi connectivity index (χ2v) is 4.46. The van der Waals surface area contributed by atoms with E-state index in [1.165, 1.54) is 0 Å². The quantitative estimate of drug-likeness (QED) is 0.855. The van der Waals surface area contributed by atoms with E-state index in [1.807, 2.05) is 6.26 Å². The van der Waals surface area contributed by atoms with Gasteiger partial charge in [0.05, 0.1) is 16.3 Å². The smallest absolute Gasteiger partial charge is 0.259 e. The van der Waals surface area contributed by atoms with E-state index in [0.29, 0.717) is 28.0 Å². The minimum Gasteiger partial charge on any atom is -0.399 e. The van der Waals surface area contributed by atoms with Crippen molar-refractivity contribution in [1.82, 2.24) is 10.1 Å². The molecular formula is C10H10ClN3OS. The lowest BCUT2D eigenvalue weighted by molar-refractivity contribution is 0.425. The number of anilines is 1. The standard InChI is InChI=1S/C10H10ClN3OS/c1-16-5-9-13-10(15-14-9)7-3-2-6(12)4-8(7)11/h2-4H,5,12H2,1H3. The topological polar surface area (TPSA) is 64.9 Å². The average Bonchev–Trinajstić information content (AvgIpc) is 2.67. The molecule has 0 saturated heterocycles. The number of nitrogen functional groups attached to an aromatic ring is 1. The SMILES string of the molecule is CSCc1noc(-c2ccc(N)cc2Cl)n1. The van der Waals surface area contributed by atoms with Crippen LogP contribution in [0.15, 0.2) is 22.7 Å². The molecule has 1 aromatic carbocycles. The average molecular weight is 256 g/mol. The second-order valence-electron chi connectivity index (χ2n) is 3.19. The highest BCUT2D eigenvalue weighted by Gasteiger charge is 2.11. The van der Waals surface area contributed by atoms with Crippen LogP contribution in [-0.4, -0.2) is 16.4 Å². The van der Waals surface area contributed by atoms with Gasteiger partial charge in [0.15, 0.2) is 5.82 Å². The van der Waals surface area contributed by atoms with Crippen LogP contribution in [0, 0.1) is 0 Å². The summed E-state index contributed by atoms with van der Waals surface area (Å²) in [5.74, 6) is 1.81. The third-order valence-electron chi connectivity index (χ3n) is 1.97. The minimum absolute atomic E-state index is 0.425. The van der Waals surface area contributed by atoms with Gasteiger partial charge in [-0.05, 0) is 24.5 Å². The van der Waals surface area contributed by atoms with Gasteiger partial charge in [-0.3, -0.25) is 0 Å². The highest BCUT2D eigenvalue weighted by Crippen LogP contribution is 2.28. The van der Waals surface area contributed by atoms with Crippen LogP contribution in [0.2, 0.25) is 5.02 Å². The van der Waals surface area contributed by atoms with Crippen LogP contribution in [-0.2, 0) is 5.75 Å². The molecule has 16 heavy (non-hydrogen) atoms. The van der Waals surface area contributed by atoms with E-state index in [4.69, 9.17) is 21.9 Å².